The van der Waals surface area contributed by atoms with E-state index in [0.29, 0.717) is 19.6 Å². The molecule has 0 unspecified atom stereocenters. The Bertz CT molecular complexity index is 560. The Balaban J connectivity index is 1.80. The third kappa shape index (κ3) is 4.07. The number of phenolic OH excluding ortho intramolecular Hbond substituents is 2. The van der Waals surface area contributed by atoms with Gasteiger partial charge in [-0.1, -0.05) is 6.07 Å². The number of hydrogen-bond acceptors (Lipinski definition) is 7. The average molecular weight is 295 g/mol. The first-order chi connectivity index (χ1) is 9.69. The van der Waals surface area contributed by atoms with E-state index in [4.69, 9.17) is 4.74 Å². The van der Waals surface area contributed by atoms with Gasteiger partial charge in [0, 0.05) is 31.6 Å². The maximum absolute atomic E-state index is 9.40. The van der Waals surface area contributed by atoms with Crippen molar-refractivity contribution in [1.82, 2.24) is 9.36 Å². The molecule has 0 atom stereocenters. The Labute approximate surface area is 121 Å². The van der Waals surface area contributed by atoms with E-state index in [1.807, 2.05) is 0 Å². The predicted molar refractivity (Wildman–Crippen MR) is 77.5 cm³/mol. The van der Waals surface area contributed by atoms with Crippen LogP contribution < -0.4 is 5.32 Å². The van der Waals surface area contributed by atoms with Gasteiger partial charge < -0.3 is 20.3 Å². The van der Waals surface area contributed by atoms with Crippen LogP contribution >= 0.6 is 11.5 Å². The molecule has 20 heavy (non-hydrogen) atoms. The van der Waals surface area contributed by atoms with Crippen LogP contribution in [0.5, 0.6) is 11.5 Å². The minimum Gasteiger partial charge on any atom is -0.504 e. The van der Waals surface area contributed by atoms with Crippen molar-refractivity contribution < 1.29 is 14.9 Å². The first kappa shape index (κ1) is 14.5. The van der Waals surface area contributed by atoms with Crippen LogP contribution in [0.3, 0.4) is 0 Å². The smallest absolute Gasteiger partial charge is 0.202 e. The van der Waals surface area contributed by atoms with E-state index in [0.717, 1.165) is 22.9 Å². The lowest BCUT2D eigenvalue weighted by Gasteiger charge is -2.04. The molecule has 2 rings (SSSR count). The van der Waals surface area contributed by atoms with Crippen molar-refractivity contribution in [3.63, 3.8) is 0 Å². The highest BCUT2D eigenvalue weighted by molar-refractivity contribution is 7.09. The quantitative estimate of drug-likeness (QED) is 0.675. The number of aromatic nitrogens is 2. The summed E-state index contributed by atoms with van der Waals surface area (Å²) >= 11 is 1.32. The zero-order valence-electron chi connectivity index (χ0n) is 11.2. The second kappa shape index (κ2) is 7.06. The molecule has 1 aromatic carbocycles. The van der Waals surface area contributed by atoms with Crippen molar-refractivity contribution in [3.05, 3.63) is 29.6 Å². The molecular weight excluding hydrogens is 278 g/mol. The van der Waals surface area contributed by atoms with Gasteiger partial charge in [-0.15, -0.1) is 0 Å². The topological polar surface area (TPSA) is 87.5 Å². The third-order valence-corrected chi connectivity index (χ3v) is 3.44. The van der Waals surface area contributed by atoms with E-state index < -0.39 is 0 Å². The summed E-state index contributed by atoms with van der Waals surface area (Å²) < 4.78 is 9.20. The first-order valence-electron chi connectivity index (χ1n) is 6.25. The predicted octanol–water partition coefficient (Wildman–Crippen LogP) is 1.79. The number of benzene rings is 1. The van der Waals surface area contributed by atoms with Crippen molar-refractivity contribution in [2.24, 2.45) is 0 Å². The van der Waals surface area contributed by atoms with Crippen LogP contribution in [0.4, 0.5) is 5.13 Å². The fraction of sp³-hybridized carbons (Fsp3) is 0.385. The van der Waals surface area contributed by atoms with E-state index in [1.54, 1.807) is 19.2 Å². The van der Waals surface area contributed by atoms with Gasteiger partial charge in [0.15, 0.2) is 11.5 Å². The molecule has 0 bridgehead atoms. The van der Waals surface area contributed by atoms with Crippen LogP contribution in [0, 0.1) is 0 Å². The fourth-order valence-corrected chi connectivity index (χ4v) is 2.30. The summed E-state index contributed by atoms with van der Waals surface area (Å²) in [5, 5.41) is 22.6. The Hall–Kier alpha value is -1.86. The summed E-state index contributed by atoms with van der Waals surface area (Å²) in [5.41, 5.74) is 0.942. The summed E-state index contributed by atoms with van der Waals surface area (Å²) in [6, 6.07) is 4.82. The highest BCUT2D eigenvalue weighted by Gasteiger charge is 2.04. The molecule has 108 valence electrons. The number of phenols is 2. The van der Waals surface area contributed by atoms with E-state index in [2.05, 4.69) is 14.7 Å². The SMILES string of the molecule is COCCc1nsc(NCCc2ccc(O)c(O)c2)n1. The second-order valence-electron chi connectivity index (χ2n) is 4.26. The number of aromatic hydroxyl groups is 2. The summed E-state index contributed by atoms with van der Waals surface area (Å²) in [4.78, 5) is 4.34. The molecule has 3 N–H and O–H groups in total. The van der Waals surface area contributed by atoms with Gasteiger partial charge in [-0.25, -0.2) is 4.98 Å². The van der Waals surface area contributed by atoms with Gasteiger partial charge in [0.1, 0.15) is 5.82 Å². The normalized spacial score (nSPS) is 10.7. The number of hydrogen-bond donors (Lipinski definition) is 3. The zero-order valence-corrected chi connectivity index (χ0v) is 12.0. The van der Waals surface area contributed by atoms with Crippen LogP contribution in [-0.2, 0) is 17.6 Å². The molecule has 1 heterocycles. The van der Waals surface area contributed by atoms with Crippen LogP contribution in [0.2, 0.25) is 0 Å². The summed E-state index contributed by atoms with van der Waals surface area (Å²) in [6.45, 7) is 1.30. The Morgan fingerprint density at radius 2 is 2.10 bits per heavy atom. The van der Waals surface area contributed by atoms with Crippen molar-refractivity contribution in [2.45, 2.75) is 12.8 Å². The van der Waals surface area contributed by atoms with E-state index in [-0.39, 0.29) is 11.5 Å². The molecule has 1 aromatic heterocycles. The van der Waals surface area contributed by atoms with Crippen molar-refractivity contribution in [3.8, 4) is 11.5 Å². The maximum atomic E-state index is 9.40. The summed E-state index contributed by atoms with van der Waals surface area (Å²) in [5.74, 6) is 0.579. The molecule has 0 saturated carbocycles. The fourth-order valence-electron chi connectivity index (χ4n) is 1.66. The van der Waals surface area contributed by atoms with Crippen molar-refractivity contribution in [2.75, 3.05) is 25.6 Å². The molecule has 7 heteroatoms. The summed E-state index contributed by atoms with van der Waals surface area (Å²) in [7, 11) is 1.65. The van der Waals surface area contributed by atoms with E-state index >= 15 is 0 Å². The van der Waals surface area contributed by atoms with Gasteiger partial charge >= 0.3 is 0 Å². The number of nitrogens with one attached hydrogen (secondary N) is 1. The molecule has 0 amide bonds. The van der Waals surface area contributed by atoms with Gasteiger partial charge in [0.2, 0.25) is 5.13 Å². The van der Waals surface area contributed by atoms with Gasteiger partial charge in [0.25, 0.3) is 0 Å². The molecule has 0 aliphatic rings. The standard InChI is InChI=1S/C13H17N3O3S/c1-19-7-5-12-15-13(20-16-12)14-6-4-9-2-3-10(17)11(18)8-9/h2-3,8,17-18H,4-7H2,1H3,(H,14,15,16). The molecule has 0 spiro atoms. The number of rotatable bonds is 7. The van der Waals surface area contributed by atoms with Crippen molar-refractivity contribution >= 4 is 16.7 Å². The number of nitrogens with zero attached hydrogens (tertiary/aromatic N) is 2. The lowest BCUT2D eigenvalue weighted by Crippen LogP contribution is -2.05. The Morgan fingerprint density at radius 1 is 1.25 bits per heavy atom. The Morgan fingerprint density at radius 3 is 2.85 bits per heavy atom. The van der Waals surface area contributed by atoms with Gasteiger partial charge in [0.05, 0.1) is 6.61 Å². The van der Waals surface area contributed by atoms with Crippen LogP contribution in [0.25, 0.3) is 0 Å². The number of anilines is 1. The largest absolute Gasteiger partial charge is 0.504 e. The maximum Gasteiger partial charge on any atom is 0.202 e. The first-order valence-corrected chi connectivity index (χ1v) is 7.02. The molecule has 0 aliphatic heterocycles. The molecule has 0 fully saturated rings. The monoisotopic (exact) mass is 295 g/mol. The Kier molecular flexibility index (Phi) is 5.14. The van der Waals surface area contributed by atoms with E-state index in [1.165, 1.54) is 17.6 Å². The van der Waals surface area contributed by atoms with Crippen LogP contribution in [-0.4, -0.2) is 39.8 Å². The highest BCUT2D eigenvalue weighted by Crippen LogP contribution is 2.25. The van der Waals surface area contributed by atoms with E-state index in [9.17, 15) is 10.2 Å². The van der Waals surface area contributed by atoms with Crippen LogP contribution in [0.15, 0.2) is 18.2 Å². The minimum atomic E-state index is -0.103. The van der Waals surface area contributed by atoms with Gasteiger partial charge in [-0.3, -0.25) is 0 Å². The number of methoxy groups -OCH3 is 1. The van der Waals surface area contributed by atoms with Crippen LogP contribution in [0.1, 0.15) is 11.4 Å². The molecule has 0 aliphatic carbocycles. The molecular formula is C13H17N3O3S. The minimum absolute atomic E-state index is 0.0970. The molecule has 6 nitrogen and oxygen atoms in total. The molecule has 0 saturated heterocycles. The lowest BCUT2D eigenvalue weighted by atomic mass is 10.1. The molecule has 0 radical (unpaired) electrons. The number of ether oxygens (including phenoxy) is 1. The average Bonchev–Trinajstić information content (AvgIpc) is 2.88. The zero-order chi connectivity index (χ0) is 14.4. The highest BCUT2D eigenvalue weighted by atomic mass is 32.1. The molecule has 2 aromatic rings. The van der Waals surface area contributed by atoms with Gasteiger partial charge in [-0.2, -0.15) is 4.37 Å². The van der Waals surface area contributed by atoms with Gasteiger partial charge in [-0.05, 0) is 24.1 Å². The summed E-state index contributed by atoms with van der Waals surface area (Å²) in [6.07, 6.45) is 1.43. The van der Waals surface area contributed by atoms with Crippen molar-refractivity contribution in [1.29, 1.82) is 0 Å². The third-order valence-electron chi connectivity index (χ3n) is 2.73. The lowest BCUT2D eigenvalue weighted by molar-refractivity contribution is 0.201. The second-order valence-corrected chi connectivity index (χ2v) is 5.01.